The first-order valence-electron chi connectivity index (χ1n) is 48.2. The first kappa shape index (κ1) is 109. The van der Waals surface area contributed by atoms with Crippen LogP contribution in [-0.4, -0.2) is 52.6 Å². The quantitative estimate of drug-likeness (QED) is 0.0706. The van der Waals surface area contributed by atoms with Gasteiger partial charge >= 0.3 is 74.1 Å². The molecule has 4 heterocycles. The predicted molar refractivity (Wildman–Crippen MR) is 490 cm³/mol. The van der Waals surface area contributed by atoms with Crippen LogP contribution in [0, 0.1) is 103 Å². The molecule has 148 heavy (non-hydrogen) atoms. The molecule has 8 aliphatic carbocycles. The summed E-state index contributed by atoms with van der Waals surface area (Å²) in [4.78, 5) is 7.38. The largest absolute Gasteiger partial charge is 0.416 e. The van der Waals surface area contributed by atoms with E-state index in [1.807, 2.05) is 148 Å². The van der Waals surface area contributed by atoms with Crippen molar-refractivity contribution in [3.8, 4) is 0 Å². The maximum atomic E-state index is 14.2. The van der Waals surface area contributed by atoms with Crippen LogP contribution in [0.25, 0.3) is 0 Å². The molecule has 4 aliphatic heterocycles. The second kappa shape index (κ2) is 37.9. The number of alkyl halides is 36. The van der Waals surface area contributed by atoms with Gasteiger partial charge in [0.05, 0.1) is 66.8 Å². The number of hydrogen-bond donors (Lipinski definition) is 0. The van der Waals surface area contributed by atoms with Gasteiger partial charge in [-0.05, 0) is 320 Å². The van der Waals surface area contributed by atoms with Crippen LogP contribution in [0.1, 0.15) is 214 Å². The van der Waals surface area contributed by atoms with Gasteiger partial charge in [-0.3, -0.25) is 0 Å². The van der Waals surface area contributed by atoms with Gasteiger partial charge in [0.2, 0.25) is 26.9 Å². The lowest BCUT2D eigenvalue weighted by Gasteiger charge is -2.28. The van der Waals surface area contributed by atoms with E-state index >= 15 is 0 Å². The highest BCUT2D eigenvalue weighted by molar-refractivity contribution is 6.84. The van der Waals surface area contributed by atoms with Crippen LogP contribution in [-0.2, 0) is 74.1 Å². The zero-order chi connectivity index (χ0) is 108. The minimum absolute atomic E-state index is 0.0118. The number of hydrogen-bond acceptors (Lipinski definition) is 4. The van der Waals surface area contributed by atoms with E-state index in [-0.39, 0.29) is 122 Å². The Morgan fingerprint density at radius 3 is 0.405 bits per heavy atom. The summed E-state index contributed by atoms with van der Waals surface area (Å²) in [6, 6.07) is 20.7. The van der Waals surface area contributed by atoms with E-state index in [9.17, 15) is 158 Å². The summed E-state index contributed by atoms with van der Waals surface area (Å²) in [5, 5.41) is 0. The van der Waals surface area contributed by atoms with E-state index in [1.165, 1.54) is 0 Å². The van der Waals surface area contributed by atoms with Crippen LogP contribution < -0.4 is 41.5 Å². The third-order valence-corrected chi connectivity index (χ3v) is 29.9. The molecule has 0 spiro atoms. The Morgan fingerprint density at radius 1 is 0.182 bits per heavy atom. The van der Waals surface area contributed by atoms with Crippen LogP contribution >= 0.6 is 0 Å². The third kappa shape index (κ3) is 22.1. The van der Waals surface area contributed by atoms with Crippen LogP contribution in [0.15, 0.2) is 166 Å². The number of allylic oxidation sites excluding steroid dienone is 8. The fourth-order valence-electron chi connectivity index (χ4n) is 23.1. The van der Waals surface area contributed by atoms with Crippen LogP contribution in [0.3, 0.4) is 0 Å². The van der Waals surface area contributed by atoms with Gasteiger partial charge in [-0.25, -0.2) is 0 Å². The van der Waals surface area contributed by atoms with E-state index in [2.05, 4.69) is 0 Å². The van der Waals surface area contributed by atoms with Gasteiger partial charge in [-0.15, -0.1) is 0 Å². The molecule has 8 aromatic rings. The molecule has 20 rings (SSSR count). The van der Waals surface area contributed by atoms with Crippen molar-refractivity contribution in [3.63, 3.8) is 0 Å². The molecule has 0 unspecified atom stereocenters. The summed E-state index contributed by atoms with van der Waals surface area (Å²) < 4.78 is 503. The molecular weight excluding hydrogens is 2030 g/mol. The molecule has 8 fully saturated rings. The van der Waals surface area contributed by atoms with E-state index in [4.69, 9.17) is 0 Å². The van der Waals surface area contributed by atoms with Gasteiger partial charge in [0.15, 0.2) is 0 Å². The topological polar surface area (TPSA) is 13.0 Å². The monoisotopic (exact) mass is 2120 g/mol. The van der Waals surface area contributed by atoms with E-state index < -0.39 is 190 Å². The molecular formula is C104H92B4F36N4. The fraction of sp³-hybridized carbons (Fsp3) is 0.462. The Balaban J connectivity index is 0.000000135. The lowest BCUT2D eigenvalue weighted by molar-refractivity contribution is -0.149. The van der Waals surface area contributed by atoms with E-state index in [0.29, 0.717) is 73.3 Å². The number of nitrogens with zero attached hydrogens (tertiary/aromatic N) is 4. The first-order valence-corrected chi connectivity index (χ1v) is 48.2. The molecule has 0 atom stereocenters. The van der Waals surface area contributed by atoms with Crippen molar-refractivity contribution in [1.82, 2.24) is 0 Å². The highest BCUT2D eigenvalue weighted by atomic mass is 19.5. The van der Waals surface area contributed by atoms with Crippen LogP contribution in [0.5, 0.6) is 0 Å². The van der Waals surface area contributed by atoms with Crippen molar-refractivity contribution in [2.24, 2.45) is 47.3 Å². The molecule has 0 radical (unpaired) electrons. The summed E-state index contributed by atoms with van der Waals surface area (Å²) in [7, 11) is 0. The summed E-state index contributed by atoms with van der Waals surface area (Å²) >= 11 is 0. The summed E-state index contributed by atoms with van der Waals surface area (Å²) in [6.07, 6.45) is -54.2. The molecule has 0 saturated heterocycles. The maximum absolute atomic E-state index is 14.2. The average molecular weight is 2130 g/mol. The summed E-state index contributed by atoms with van der Waals surface area (Å²) in [5.74, 6) is -0.677. The highest BCUT2D eigenvalue weighted by Crippen LogP contribution is 2.61. The van der Waals surface area contributed by atoms with Crippen molar-refractivity contribution in [2.45, 2.75) is 232 Å². The molecule has 8 saturated carbocycles. The van der Waals surface area contributed by atoms with Crippen molar-refractivity contribution in [2.75, 3.05) is 45.4 Å². The van der Waals surface area contributed by atoms with Gasteiger partial charge in [0.1, 0.15) is 0 Å². The molecule has 12 aliphatic rings. The number of rotatable bonds is 16. The molecule has 0 bridgehead atoms. The Labute approximate surface area is 828 Å². The van der Waals surface area contributed by atoms with Crippen LogP contribution in [0.2, 0.25) is 0 Å². The van der Waals surface area contributed by atoms with Gasteiger partial charge in [0, 0.05) is 71.3 Å². The Bertz CT molecular complexity index is 5620. The maximum Gasteiger partial charge on any atom is 0.416 e. The molecule has 0 aromatic heterocycles. The first-order chi connectivity index (χ1) is 68.3. The zero-order valence-corrected chi connectivity index (χ0v) is 80.0. The SMILES string of the molecule is Cc1cccc(C)c1N1CB(c2c(C(F)(F)F)cc(C(F)(F)F)cc2C(F)(F)F)C(C2CC2)=C1C1CC1.Cc1cccc(C)c1N1CB(c2c(C(F)(F)F)cc(C(F)(F)F)cc2C(F)(F)F)C(C2CC2)=C1C1CC1.Cc1cccc(C)c1N1CB(c2c(C(F)(F)F)cc(C(F)(F)F)cc2C(F)(F)F)C(C2CC2)=C1C1CC1.Cc1cccc(C)c1N1CB(c2c(C(F)(F)F)cc(C(F)(F)F)cc2C(F)(F)F)C(C2CC2)=C1C1CC1. The summed E-state index contributed by atoms with van der Waals surface area (Å²) in [6.45, 7) is 9.36. The Morgan fingerprint density at radius 2 is 0.304 bits per heavy atom. The minimum Gasteiger partial charge on any atom is -0.352 e. The smallest absolute Gasteiger partial charge is 0.352 e. The van der Waals surface area contributed by atoms with Crippen LogP contribution in [0.4, 0.5) is 181 Å². The van der Waals surface area contributed by atoms with Gasteiger partial charge in [-0.1, -0.05) is 94.7 Å². The minimum atomic E-state index is -5.41. The Kier molecular flexibility index (Phi) is 27.9. The Hall–Kier alpha value is -10.3. The number of halogens is 36. The van der Waals surface area contributed by atoms with Crippen molar-refractivity contribution in [1.29, 1.82) is 0 Å². The predicted octanol–water partition coefficient (Wildman–Crippen LogP) is 30.9. The average Bonchev–Trinajstić information content (AvgIpc) is 1.56. The summed E-state index contributed by atoms with van der Waals surface area (Å²) in [5.41, 5.74) is -12.4. The number of anilines is 4. The van der Waals surface area contributed by atoms with Gasteiger partial charge in [0.25, 0.3) is 0 Å². The van der Waals surface area contributed by atoms with E-state index in [1.54, 1.807) is 0 Å². The number of para-hydroxylation sites is 4. The third-order valence-electron chi connectivity index (χ3n) is 29.9. The standard InChI is InChI=1S/4C26H23BF9N/c4*1-13-4-3-5-14(2)22(13)37-12-27(20(15-6-7-15)23(37)16-8-9-16)21-18(25(31,32)33)10-17(24(28,29)30)11-19(21)26(34,35)36/h4*3-5,10-11,15-16H,6-9,12H2,1-2H3. The molecule has 0 N–H and O–H groups in total. The van der Waals surface area contributed by atoms with Crippen molar-refractivity contribution < 1.29 is 158 Å². The normalized spacial score (nSPS) is 19.3. The highest BCUT2D eigenvalue weighted by Gasteiger charge is 2.62. The second-order valence-corrected chi connectivity index (χ2v) is 41.1. The number of aryl methyl sites for hydroxylation is 8. The fourth-order valence-corrected chi connectivity index (χ4v) is 23.1. The molecule has 8 aromatic carbocycles. The molecule has 44 heteroatoms. The lowest BCUT2D eigenvalue weighted by Crippen LogP contribution is -2.46. The van der Waals surface area contributed by atoms with Crippen molar-refractivity contribution >= 4 is 71.5 Å². The molecule has 0 amide bonds. The van der Waals surface area contributed by atoms with E-state index in [0.717, 1.165) is 141 Å². The lowest BCUT2D eigenvalue weighted by atomic mass is 9.38. The van der Waals surface area contributed by atoms with Gasteiger partial charge in [-0.2, -0.15) is 158 Å². The van der Waals surface area contributed by atoms with Crippen molar-refractivity contribution in [3.05, 3.63) is 277 Å². The molecule has 792 valence electrons. The van der Waals surface area contributed by atoms with Gasteiger partial charge < -0.3 is 19.6 Å². The zero-order valence-electron chi connectivity index (χ0n) is 80.0. The molecule has 4 nitrogen and oxygen atoms in total. The number of benzene rings is 8. The second-order valence-electron chi connectivity index (χ2n) is 41.1.